The van der Waals surface area contributed by atoms with Crippen molar-refractivity contribution < 1.29 is 74.6 Å². The van der Waals surface area contributed by atoms with Crippen LogP contribution >= 0.6 is 0 Å². The Morgan fingerprint density at radius 3 is 1.06 bits per heavy atom. The van der Waals surface area contributed by atoms with Gasteiger partial charge in [0.05, 0.1) is 0 Å². The van der Waals surface area contributed by atoms with Gasteiger partial charge in [-0.2, -0.15) is 74.6 Å². The summed E-state index contributed by atoms with van der Waals surface area (Å²) < 4.78 is 222. The fraction of sp³-hybridized carbons (Fsp3) is 1.00. The van der Waals surface area contributed by atoms with E-state index in [9.17, 15) is 74.6 Å². The van der Waals surface area contributed by atoms with Gasteiger partial charge in [-0.3, -0.25) is 0 Å². The Bertz CT molecular complexity index is 698. The van der Waals surface area contributed by atoms with E-state index in [-0.39, 0.29) is 12.5 Å². The molecule has 0 saturated heterocycles. The molecule has 0 aromatic heterocycles. The molecule has 0 spiro atoms. The monoisotopic (exact) mass is 565 g/mol. The summed E-state index contributed by atoms with van der Waals surface area (Å²) in [6.07, 6.45) is -12.3. The number of alkyl halides is 17. The van der Waals surface area contributed by atoms with Gasteiger partial charge in [0.1, 0.15) is 0 Å². The van der Waals surface area contributed by atoms with Crippen molar-refractivity contribution in [2.75, 3.05) is 0 Å². The van der Waals surface area contributed by atoms with Crippen LogP contribution in [0.5, 0.6) is 0 Å². The lowest BCUT2D eigenvalue weighted by molar-refractivity contribution is -0.461. The van der Waals surface area contributed by atoms with Crippen molar-refractivity contribution in [3.63, 3.8) is 0 Å². The molecular weight excluding hydrogens is 549 g/mol. The molecule has 0 bridgehead atoms. The zero-order valence-electron chi connectivity index (χ0n) is 16.2. The Morgan fingerprint density at radius 2 is 0.735 bits per heavy atom. The van der Waals surface area contributed by atoms with Crippen LogP contribution < -0.4 is 16.2 Å². The molecule has 0 aromatic carbocycles. The van der Waals surface area contributed by atoms with E-state index < -0.39 is 75.5 Å². The summed E-state index contributed by atoms with van der Waals surface area (Å²) >= 11 is 0. The first kappa shape index (κ1) is 32.9. The molecule has 0 rings (SSSR count). The van der Waals surface area contributed by atoms with Crippen LogP contribution in [0.25, 0.3) is 0 Å². The molecule has 3 nitrogen and oxygen atoms in total. The Labute approximate surface area is 180 Å². The molecule has 0 fully saturated rings. The molecule has 206 valence electrons. The molecule has 0 aliphatic heterocycles. The largest absolute Gasteiger partial charge is 0.460 e. The van der Waals surface area contributed by atoms with Crippen molar-refractivity contribution in [1.29, 1.82) is 0 Å². The van der Waals surface area contributed by atoms with Gasteiger partial charge in [-0.15, -0.1) is 0 Å². The third kappa shape index (κ3) is 5.35. The van der Waals surface area contributed by atoms with E-state index in [1.165, 1.54) is 0 Å². The molecule has 6 N–H and O–H groups in total. The number of hydrogen-bond acceptors (Lipinski definition) is 3. The highest BCUT2D eigenvalue weighted by molar-refractivity contribution is 6.70. The van der Waals surface area contributed by atoms with Gasteiger partial charge in [0, 0.05) is 6.42 Å². The smallest absolute Gasteiger partial charge is 0.327 e. The van der Waals surface area contributed by atoms with Gasteiger partial charge < -0.3 is 16.2 Å². The third-order valence-corrected chi connectivity index (χ3v) is 5.61. The first-order chi connectivity index (χ1) is 14.5. The summed E-state index contributed by atoms with van der Waals surface area (Å²) in [6.45, 7) is 0. The van der Waals surface area contributed by atoms with E-state index in [4.69, 9.17) is 16.2 Å². The summed E-state index contributed by atoms with van der Waals surface area (Å²) in [5, 5.41) is 15.6. The predicted molar refractivity (Wildman–Crippen MR) is 82.3 cm³/mol. The lowest BCUT2D eigenvalue weighted by atomic mass is 9.88. The minimum Gasteiger partial charge on any atom is -0.327 e. The van der Waals surface area contributed by atoms with Crippen LogP contribution in [0.15, 0.2) is 0 Å². The zero-order valence-corrected chi connectivity index (χ0v) is 17.2. The number of rotatable bonds is 12. The molecule has 0 saturated carbocycles. The molecule has 0 aliphatic carbocycles. The van der Waals surface area contributed by atoms with Gasteiger partial charge in [0.25, 0.3) is 8.56 Å². The van der Waals surface area contributed by atoms with Crippen LogP contribution in [-0.4, -0.2) is 56.2 Å². The number of unbranched alkanes of at least 4 members (excludes halogenated alkanes) is 2. The lowest BCUT2D eigenvalue weighted by Crippen LogP contribution is -2.74. The van der Waals surface area contributed by atoms with Gasteiger partial charge in [-0.25, -0.2) is 0 Å². The van der Waals surface area contributed by atoms with Gasteiger partial charge in [-0.1, -0.05) is 12.8 Å². The quantitative estimate of drug-likeness (QED) is 0.169. The van der Waals surface area contributed by atoms with Crippen LogP contribution in [0, 0.1) is 0 Å². The Balaban J connectivity index is 6.11. The van der Waals surface area contributed by atoms with Crippen LogP contribution in [-0.2, 0) is 0 Å². The van der Waals surface area contributed by atoms with Crippen LogP contribution in [0.3, 0.4) is 0 Å². The van der Waals surface area contributed by atoms with Gasteiger partial charge in [0.2, 0.25) is 0 Å². The molecule has 0 heterocycles. The summed E-state index contributed by atoms with van der Waals surface area (Å²) in [6, 6.07) is -0.238. The second kappa shape index (κ2) is 9.09. The molecule has 0 atom stereocenters. The maximum absolute atomic E-state index is 13.6. The second-order valence-electron chi connectivity index (χ2n) is 7.32. The van der Waals surface area contributed by atoms with E-state index in [1.807, 2.05) is 0 Å². The molecule has 0 unspecified atom stereocenters. The van der Waals surface area contributed by atoms with E-state index in [2.05, 4.69) is 0 Å². The molecule has 0 aromatic rings. The molecular formula is C13H16F17N3Si. The lowest BCUT2D eigenvalue weighted by Gasteiger charge is -2.42. The van der Waals surface area contributed by atoms with E-state index >= 15 is 0 Å². The minimum atomic E-state index is -8.61. The normalized spacial score (nSPS) is 16.2. The molecule has 0 aliphatic rings. The number of halogens is 17. The predicted octanol–water partition coefficient (Wildman–Crippen LogP) is 5.37. The Kier molecular flexibility index (Phi) is 8.80. The van der Waals surface area contributed by atoms with Crippen LogP contribution in [0.1, 0.15) is 25.7 Å². The van der Waals surface area contributed by atoms with Crippen molar-refractivity contribution in [3.05, 3.63) is 0 Å². The SMILES string of the molecule is N[Si](N)(N)CCCCCC(F)(F)C(F)(F)C(F)(F)C(F)(F)C(F)(F)C(F)(F)C(F)(F)C(F)(F)F. The fourth-order valence-electron chi connectivity index (χ4n) is 2.31. The van der Waals surface area contributed by atoms with E-state index in [1.54, 1.807) is 0 Å². The van der Waals surface area contributed by atoms with Crippen LogP contribution in [0.2, 0.25) is 6.04 Å². The summed E-state index contributed by atoms with van der Waals surface area (Å²) in [5.41, 5.74) is 0. The zero-order chi connectivity index (χ0) is 28.0. The average Bonchev–Trinajstić information content (AvgIpc) is 2.58. The van der Waals surface area contributed by atoms with Crippen molar-refractivity contribution in [2.24, 2.45) is 16.2 Å². The summed E-state index contributed by atoms with van der Waals surface area (Å²) in [7, 11) is -3.26. The van der Waals surface area contributed by atoms with Crippen molar-refractivity contribution in [1.82, 2.24) is 0 Å². The second-order valence-corrected chi connectivity index (χ2v) is 10.0. The summed E-state index contributed by atoms with van der Waals surface area (Å²) in [4.78, 5) is 0. The Hall–Kier alpha value is -1.09. The molecule has 21 heteroatoms. The minimum absolute atomic E-state index is 0.238. The highest BCUT2D eigenvalue weighted by Crippen LogP contribution is 2.64. The topological polar surface area (TPSA) is 78.1 Å². The first-order valence-electron chi connectivity index (χ1n) is 8.54. The Morgan fingerprint density at radius 1 is 0.412 bits per heavy atom. The van der Waals surface area contributed by atoms with E-state index in [0.29, 0.717) is 0 Å². The molecule has 0 amide bonds. The average molecular weight is 565 g/mol. The van der Waals surface area contributed by atoms with Gasteiger partial charge in [0.15, 0.2) is 0 Å². The third-order valence-electron chi connectivity index (χ3n) is 4.39. The molecule has 0 radical (unpaired) electrons. The highest BCUT2D eigenvalue weighted by Gasteiger charge is 2.95. The summed E-state index contributed by atoms with van der Waals surface area (Å²) in [5.74, 6) is -56.1. The number of hydrogen-bond donors (Lipinski definition) is 3. The maximum atomic E-state index is 13.6. The fourth-order valence-corrected chi connectivity index (χ4v) is 3.17. The van der Waals surface area contributed by atoms with Crippen molar-refractivity contribution in [3.8, 4) is 0 Å². The van der Waals surface area contributed by atoms with Gasteiger partial charge >= 0.3 is 47.6 Å². The standard InChI is InChI=1S/C13H16F17N3Si/c14-6(15,4-2-1-3-5-34(31,32)33)7(16,17)8(18,19)9(20,21)10(22,23)11(24,25)12(26,27)13(28,29)30/h1-5,31-33H2. The number of nitrogens with two attached hydrogens (primary N) is 3. The van der Waals surface area contributed by atoms with Crippen LogP contribution in [0.4, 0.5) is 74.6 Å². The highest BCUT2D eigenvalue weighted by atomic mass is 28.4. The van der Waals surface area contributed by atoms with Crippen molar-refractivity contribution >= 4 is 8.56 Å². The maximum Gasteiger partial charge on any atom is 0.460 e. The molecule has 34 heavy (non-hydrogen) atoms. The van der Waals surface area contributed by atoms with Gasteiger partial charge in [-0.05, 0) is 12.5 Å². The first-order valence-corrected chi connectivity index (χ1v) is 11.0. The van der Waals surface area contributed by atoms with E-state index in [0.717, 1.165) is 0 Å². The van der Waals surface area contributed by atoms with Crippen molar-refractivity contribution in [2.45, 2.75) is 79.4 Å².